The summed E-state index contributed by atoms with van der Waals surface area (Å²) in [5.74, 6) is -0.795. The number of carbonyl (C=O) groups excluding carboxylic acids is 2. The molecule has 3 fully saturated rings. The summed E-state index contributed by atoms with van der Waals surface area (Å²) in [6, 6.07) is 7.02. The van der Waals surface area contributed by atoms with Crippen LogP contribution in [-0.4, -0.2) is 58.4 Å². The van der Waals surface area contributed by atoms with Gasteiger partial charge in [-0.05, 0) is 55.6 Å². The van der Waals surface area contributed by atoms with Crippen LogP contribution < -0.4 is 0 Å². The van der Waals surface area contributed by atoms with Crippen molar-refractivity contribution in [2.75, 3.05) is 19.6 Å². The van der Waals surface area contributed by atoms with Gasteiger partial charge in [-0.2, -0.15) is 0 Å². The summed E-state index contributed by atoms with van der Waals surface area (Å²) < 4.78 is 0. The second kappa shape index (κ2) is 7.22. The molecule has 1 N–H and O–H groups in total. The monoisotopic (exact) mass is 384 g/mol. The molecule has 0 radical (unpaired) electrons. The van der Waals surface area contributed by atoms with Crippen LogP contribution in [0, 0.1) is 11.3 Å². The van der Waals surface area contributed by atoms with E-state index in [1.807, 2.05) is 36.1 Å². The van der Waals surface area contributed by atoms with Crippen LogP contribution in [0.25, 0.3) is 0 Å². The van der Waals surface area contributed by atoms with Crippen LogP contribution >= 0.6 is 0 Å². The van der Waals surface area contributed by atoms with Crippen molar-refractivity contribution in [3.05, 3.63) is 35.4 Å². The van der Waals surface area contributed by atoms with Gasteiger partial charge in [0.15, 0.2) is 0 Å². The highest BCUT2D eigenvalue weighted by molar-refractivity contribution is 5.95. The number of hydrogen-bond acceptors (Lipinski definition) is 3. The van der Waals surface area contributed by atoms with Crippen LogP contribution in [0.4, 0.5) is 0 Å². The topological polar surface area (TPSA) is 77.9 Å². The first-order chi connectivity index (χ1) is 13.4. The highest BCUT2D eigenvalue weighted by atomic mass is 16.4. The molecule has 2 saturated heterocycles. The zero-order valence-electron chi connectivity index (χ0n) is 16.4. The zero-order valence-corrected chi connectivity index (χ0v) is 16.4. The summed E-state index contributed by atoms with van der Waals surface area (Å²) >= 11 is 0. The number of rotatable bonds is 4. The molecule has 28 heavy (non-hydrogen) atoms. The minimum absolute atomic E-state index is 0.0136. The van der Waals surface area contributed by atoms with E-state index in [4.69, 9.17) is 0 Å². The molecular formula is C22H28N2O4. The number of benzene rings is 1. The third-order valence-electron chi connectivity index (χ3n) is 6.74. The predicted octanol–water partition coefficient (Wildman–Crippen LogP) is 2.57. The molecule has 1 aromatic carbocycles. The number of amides is 2. The van der Waals surface area contributed by atoms with Crippen molar-refractivity contribution >= 4 is 17.8 Å². The molecule has 6 nitrogen and oxygen atoms in total. The maximum atomic E-state index is 13.0. The second-order valence-electron chi connectivity index (χ2n) is 8.60. The smallest absolute Gasteiger partial charge is 0.326 e. The third-order valence-corrected chi connectivity index (χ3v) is 6.74. The number of carbonyl (C=O) groups is 3. The van der Waals surface area contributed by atoms with Crippen LogP contribution in [0.3, 0.4) is 0 Å². The standard InChI is InChI=1S/C22H28N2O4/c1-2-15-5-3-4-6-17(15)20(26)23-11-9-22(10-12-23)13-18(21(27)28)24(14-22)19(25)16-7-8-16/h3-6,16,18H,2,7-14H2,1H3,(H,27,28)/t18-/m0/s1. The molecule has 3 aliphatic rings. The highest BCUT2D eigenvalue weighted by Gasteiger charge is 2.52. The first kappa shape index (κ1) is 19.0. The van der Waals surface area contributed by atoms with Gasteiger partial charge in [0.1, 0.15) is 6.04 Å². The summed E-state index contributed by atoms with van der Waals surface area (Å²) in [5.41, 5.74) is 1.65. The van der Waals surface area contributed by atoms with E-state index in [0.717, 1.165) is 43.2 Å². The molecule has 2 aliphatic heterocycles. The van der Waals surface area contributed by atoms with Crippen LogP contribution in [0.5, 0.6) is 0 Å². The van der Waals surface area contributed by atoms with Gasteiger partial charge in [-0.25, -0.2) is 4.79 Å². The molecular weight excluding hydrogens is 356 g/mol. The number of piperidine rings is 1. The van der Waals surface area contributed by atoms with Gasteiger partial charge in [0.25, 0.3) is 5.91 Å². The van der Waals surface area contributed by atoms with E-state index < -0.39 is 12.0 Å². The van der Waals surface area contributed by atoms with Gasteiger partial charge in [0.05, 0.1) is 0 Å². The Labute approximate surface area is 165 Å². The van der Waals surface area contributed by atoms with Crippen molar-refractivity contribution in [2.24, 2.45) is 11.3 Å². The fraction of sp³-hybridized carbons (Fsp3) is 0.591. The predicted molar refractivity (Wildman–Crippen MR) is 104 cm³/mol. The van der Waals surface area contributed by atoms with Crippen molar-refractivity contribution < 1.29 is 19.5 Å². The Morgan fingerprint density at radius 1 is 1.14 bits per heavy atom. The lowest BCUT2D eigenvalue weighted by molar-refractivity contribution is -0.148. The Morgan fingerprint density at radius 3 is 2.43 bits per heavy atom. The lowest BCUT2D eigenvalue weighted by Crippen LogP contribution is -2.45. The average molecular weight is 384 g/mol. The SMILES string of the molecule is CCc1ccccc1C(=O)N1CCC2(CC1)C[C@@H](C(=O)O)N(C(=O)C1CC1)C2. The Bertz CT molecular complexity index is 793. The minimum Gasteiger partial charge on any atom is -0.480 e. The summed E-state index contributed by atoms with van der Waals surface area (Å²) in [5, 5.41) is 9.64. The first-order valence-corrected chi connectivity index (χ1v) is 10.3. The molecule has 2 amide bonds. The number of aryl methyl sites for hydroxylation is 1. The molecule has 150 valence electrons. The summed E-state index contributed by atoms with van der Waals surface area (Å²) in [6.07, 6.45) is 4.60. The molecule has 0 bridgehead atoms. The van der Waals surface area contributed by atoms with E-state index in [1.165, 1.54) is 0 Å². The molecule has 1 saturated carbocycles. The molecule has 1 aliphatic carbocycles. The maximum absolute atomic E-state index is 13.0. The van der Waals surface area contributed by atoms with Gasteiger partial charge in [-0.15, -0.1) is 0 Å². The van der Waals surface area contributed by atoms with Crippen LogP contribution in [0.2, 0.25) is 0 Å². The van der Waals surface area contributed by atoms with Gasteiger partial charge in [0, 0.05) is 31.1 Å². The summed E-state index contributed by atoms with van der Waals surface area (Å²) in [6.45, 7) is 3.81. The number of carboxylic acid groups (broad SMARTS) is 1. The van der Waals surface area contributed by atoms with Crippen LogP contribution in [0.1, 0.15) is 54.9 Å². The Morgan fingerprint density at radius 2 is 1.82 bits per heavy atom. The van der Waals surface area contributed by atoms with Gasteiger partial charge < -0.3 is 14.9 Å². The largest absolute Gasteiger partial charge is 0.480 e. The fourth-order valence-corrected chi connectivity index (χ4v) is 4.83. The van der Waals surface area contributed by atoms with Crippen molar-refractivity contribution in [2.45, 2.75) is 51.5 Å². The van der Waals surface area contributed by atoms with E-state index in [-0.39, 0.29) is 23.1 Å². The summed E-state index contributed by atoms with van der Waals surface area (Å²) in [4.78, 5) is 40.8. The number of nitrogens with zero attached hydrogens (tertiary/aromatic N) is 2. The van der Waals surface area contributed by atoms with Crippen molar-refractivity contribution in [1.82, 2.24) is 9.80 Å². The highest BCUT2D eigenvalue weighted by Crippen LogP contribution is 2.45. The Hall–Kier alpha value is -2.37. The van der Waals surface area contributed by atoms with Gasteiger partial charge in [-0.3, -0.25) is 9.59 Å². The lowest BCUT2D eigenvalue weighted by atomic mass is 9.76. The normalized spacial score (nSPS) is 23.8. The number of carboxylic acids is 1. The molecule has 2 heterocycles. The van der Waals surface area contributed by atoms with E-state index >= 15 is 0 Å². The van der Waals surface area contributed by atoms with Gasteiger partial charge in [-0.1, -0.05) is 25.1 Å². The second-order valence-corrected chi connectivity index (χ2v) is 8.60. The molecule has 1 atom stereocenters. The van der Waals surface area contributed by atoms with Crippen LogP contribution in [-0.2, 0) is 16.0 Å². The van der Waals surface area contributed by atoms with E-state index in [9.17, 15) is 19.5 Å². The Kier molecular flexibility index (Phi) is 4.89. The maximum Gasteiger partial charge on any atom is 0.326 e. The molecule has 1 aromatic rings. The van der Waals surface area contributed by atoms with Gasteiger partial charge in [0.2, 0.25) is 5.91 Å². The molecule has 6 heteroatoms. The molecule has 0 aromatic heterocycles. The molecule has 0 unspecified atom stereocenters. The zero-order chi connectivity index (χ0) is 19.9. The quantitative estimate of drug-likeness (QED) is 0.865. The van der Waals surface area contributed by atoms with E-state index in [2.05, 4.69) is 0 Å². The number of hydrogen-bond donors (Lipinski definition) is 1. The van der Waals surface area contributed by atoms with Gasteiger partial charge >= 0.3 is 5.97 Å². The van der Waals surface area contributed by atoms with E-state index in [0.29, 0.717) is 26.1 Å². The molecule has 4 rings (SSSR count). The third kappa shape index (κ3) is 3.40. The minimum atomic E-state index is -0.902. The van der Waals surface area contributed by atoms with Crippen LogP contribution in [0.15, 0.2) is 24.3 Å². The van der Waals surface area contributed by atoms with Crippen molar-refractivity contribution in [3.8, 4) is 0 Å². The fourth-order valence-electron chi connectivity index (χ4n) is 4.83. The first-order valence-electron chi connectivity index (χ1n) is 10.3. The van der Waals surface area contributed by atoms with Crippen molar-refractivity contribution in [3.63, 3.8) is 0 Å². The number of aliphatic carboxylic acids is 1. The molecule has 1 spiro atoms. The van der Waals surface area contributed by atoms with Crippen molar-refractivity contribution in [1.29, 1.82) is 0 Å². The Balaban J connectivity index is 1.45. The van der Waals surface area contributed by atoms with E-state index in [1.54, 1.807) is 4.90 Å². The lowest BCUT2D eigenvalue weighted by Gasteiger charge is -2.39. The average Bonchev–Trinajstić information content (AvgIpc) is 3.49. The summed E-state index contributed by atoms with van der Waals surface area (Å²) in [7, 11) is 0. The number of likely N-dealkylation sites (tertiary alicyclic amines) is 2.